The summed E-state index contributed by atoms with van der Waals surface area (Å²) in [5.41, 5.74) is 0. The highest BCUT2D eigenvalue weighted by Gasteiger charge is 2.12. The molecule has 0 aliphatic heterocycles. The Hall–Kier alpha value is -1.63. The lowest BCUT2D eigenvalue weighted by Crippen LogP contribution is -2.45. The molecule has 0 unspecified atom stereocenters. The van der Waals surface area contributed by atoms with Crippen molar-refractivity contribution in [1.29, 1.82) is 0 Å². The van der Waals surface area contributed by atoms with Crippen molar-refractivity contribution in [3.63, 3.8) is 0 Å². The number of rotatable bonds is 11. The molecule has 7 heteroatoms. The number of nitrogens with one attached hydrogen (secondary N) is 2. The van der Waals surface area contributed by atoms with Gasteiger partial charge in [-0.05, 0) is 47.5 Å². The summed E-state index contributed by atoms with van der Waals surface area (Å²) in [4.78, 5) is 7.14. The highest BCUT2D eigenvalue weighted by atomic mass is 15.2. The van der Waals surface area contributed by atoms with Gasteiger partial charge in [-0.2, -0.15) is 0 Å². The molecule has 0 amide bonds. The van der Waals surface area contributed by atoms with Crippen molar-refractivity contribution < 1.29 is 0 Å². The number of aromatic nitrogens is 3. The van der Waals surface area contributed by atoms with Crippen LogP contribution in [0.5, 0.6) is 0 Å². The second-order valence-corrected chi connectivity index (χ2v) is 6.52. The van der Waals surface area contributed by atoms with E-state index >= 15 is 0 Å². The lowest BCUT2D eigenvalue weighted by atomic mass is 10.2. The van der Waals surface area contributed by atoms with Crippen LogP contribution < -0.4 is 10.6 Å². The summed E-state index contributed by atoms with van der Waals surface area (Å²) in [6.07, 6.45) is 5.64. The summed E-state index contributed by atoms with van der Waals surface area (Å²) in [7, 11) is 0. The maximum Gasteiger partial charge on any atom is 0.191 e. The molecule has 1 aromatic rings. The fourth-order valence-electron chi connectivity index (χ4n) is 2.69. The van der Waals surface area contributed by atoms with E-state index in [4.69, 9.17) is 0 Å². The van der Waals surface area contributed by atoms with Gasteiger partial charge in [-0.1, -0.05) is 0 Å². The summed E-state index contributed by atoms with van der Waals surface area (Å²) < 4.78 is 2.00. The van der Waals surface area contributed by atoms with Crippen molar-refractivity contribution in [1.82, 2.24) is 30.3 Å². The zero-order chi connectivity index (χ0) is 17.8. The molecule has 24 heavy (non-hydrogen) atoms. The normalized spacial score (nSPS) is 12.4. The van der Waals surface area contributed by atoms with Gasteiger partial charge in [0, 0.05) is 44.8 Å². The molecule has 7 nitrogen and oxygen atoms in total. The Labute approximate surface area is 146 Å². The summed E-state index contributed by atoms with van der Waals surface area (Å²) >= 11 is 0. The predicted molar refractivity (Wildman–Crippen MR) is 100 cm³/mol. The topological polar surface area (TPSA) is 70.4 Å². The SMILES string of the molecule is CCNC(=NCCCCn1cnnc1)NCCN(C(C)C)C(C)C. The van der Waals surface area contributed by atoms with Crippen LogP contribution in [0.25, 0.3) is 0 Å². The monoisotopic (exact) mass is 337 g/mol. The average Bonchev–Trinajstić information content (AvgIpc) is 3.03. The molecule has 2 N–H and O–H groups in total. The molecule has 0 atom stereocenters. The van der Waals surface area contributed by atoms with Crippen LogP contribution in [-0.2, 0) is 6.54 Å². The van der Waals surface area contributed by atoms with Crippen LogP contribution >= 0.6 is 0 Å². The first-order valence-corrected chi connectivity index (χ1v) is 9.15. The van der Waals surface area contributed by atoms with Crippen molar-refractivity contribution >= 4 is 5.96 Å². The molecule has 1 rings (SSSR count). The van der Waals surface area contributed by atoms with Gasteiger partial charge in [0.05, 0.1) is 0 Å². The van der Waals surface area contributed by atoms with Crippen molar-refractivity contribution in [3.05, 3.63) is 12.7 Å². The number of aryl methyl sites for hydroxylation is 1. The maximum absolute atomic E-state index is 4.65. The van der Waals surface area contributed by atoms with Crippen molar-refractivity contribution in [2.45, 2.75) is 66.1 Å². The van der Waals surface area contributed by atoms with Crippen LogP contribution in [0.3, 0.4) is 0 Å². The zero-order valence-electron chi connectivity index (χ0n) is 16.0. The van der Waals surface area contributed by atoms with Crippen LogP contribution in [0.15, 0.2) is 17.6 Å². The van der Waals surface area contributed by atoms with Crippen molar-refractivity contribution in [3.8, 4) is 0 Å². The van der Waals surface area contributed by atoms with E-state index in [2.05, 4.69) is 65.3 Å². The van der Waals surface area contributed by atoms with E-state index in [1.165, 1.54) is 0 Å². The first-order chi connectivity index (χ1) is 11.5. The second-order valence-electron chi connectivity index (χ2n) is 6.52. The third-order valence-electron chi connectivity index (χ3n) is 3.89. The summed E-state index contributed by atoms with van der Waals surface area (Å²) in [6, 6.07) is 1.12. The Morgan fingerprint density at radius 3 is 2.33 bits per heavy atom. The largest absolute Gasteiger partial charge is 0.357 e. The first kappa shape index (κ1) is 20.4. The Kier molecular flexibility index (Phi) is 10.1. The number of guanidine groups is 1. The molecule has 138 valence electrons. The van der Waals surface area contributed by atoms with Gasteiger partial charge in [0.15, 0.2) is 5.96 Å². The van der Waals surface area contributed by atoms with E-state index in [0.29, 0.717) is 12.1 Å². The first-order valence-electron chi connectivity index (χ1n) is 9.15. The third kappa shape index (κ3) is 8.29. The summed E-state index contributed by atoms with van der Waals surface area (Å²) in [5, 5.41) is 14.4. The number of hydrogen-bond acceptors (Lipinski definition) is 4. The fraction of sp³-hybridized carbons (Fsp3) is 0.824. The molecule has 0 radical (unpaired) electrons. The third-order valence-corrected chi connectivity index (χ3v) is 3.89. The van der Waals surface area contributed by atoms with Gasteiger partial charge in [-0.25, -0.2) is 0 Å². The lowest BCUT2D eigenvalue weighted by Gasteiger charge is -2.30. The molecule has 0 saturated carbocycles. The average molecular weight is 338 g/mol. The standard InChI is InChI=1S/C17H35N7/c1-6-18-17(20-10-12-24(15(2)3)16(4)5)19-9-7-8-11-23-13-21-22-14-23/h13-16H,6-12H2,1-5H3,(H2,18,19,20). The number of nitrogens with zero attached hydrogens (tertiary/aromatic N) is 5. The van der Waals surface area contributed by atoms with Gasteiger partial charge in [-0.3, -0.25) is 9.89 Å². The Bertz CT molecular complexity index is 432. The minimum Gasteiger partial charge on any atom is -0.357 e. The predicted octanol–water partition coefficient (Wildman–Crippen LogP) is 1.73. The van der Waals surface area contributed by atoms with Gasteiger partial charge in [0.25, 0.3) is 0 Å². The zero-order valence-corrected chi connectivity index (χ0v) is 16.0. The van der Waals surface area contributed by atoms with Crippen LogP contribution in [0, 0.1) is 0 Å². The van der Waals surface area contributed by atoms with Gasteiger partial charge in [-0.15, -0.1) is 10.2 Å². The van der Waals surface area contributed by atoms with Crippen LogP contribution in [-0.4, -0.2) is 63.9 Å². The Morgan fingerprint density at radius 1 is 1.08 bits per heavy atom. The molecular weight excluding hydrogens is 302 g/mol. The van der Waals surface area contributed by atoms with Gasteiger partial charge < -0.3 is 15.2 Å². The van der Waals surface area contributed by atoms with Gasteiger partial charge >= 0.3 is 0 Å². The van der Waals surface area contributed by atoms with E-state index < -0.39 is 0 Å². The molecule has 0 bridgehead atoms. The van der Waals surface area contributed by atoms with Crippen LogP contribution in [0.1, 0.15) is 47.5 Å². The van der Waals surface area contributed by atoms with Gasteiger partial charge in [0.2, 0.25) is 0 Å². The molecule has 0 aliphatic carbocycles. The number of hydrogen-bond donors (Lipinski definition) is 2. The molecule has 0 fully saturated rings. The summed E-state index contributed by atoms with van der Waals surface area (Å²) in [5.74, 6) is 0.911. The molecule has 0 aromatic carbocycles. The van der Waals surface area contributed by atoms with E-state index in [-0.39, 0.29) is 0 Å². The molecule has 0 aliphatic rings. The number of aliphatic imine (C=N–C) groups is 1. The van der Waals surface area contributed by atoms with Crippen molar-refractivity contribution in [2.75, 3.05) is 26.2 Å². The minimum absolute atomic E-state index is 0.559. The molecule has 0 spiro atoms. The minimum atomic E-state index is 0.559. The number of unbranched alkanes of at least 4 members (excludes halogenated alkanes) is 1. The molecule has 1 aromatic heterocycles. The second kappa shape index (κ2) is 11.8. The summed E-state index contributed by atoms with van der Waals surface area (Å²) in [6.45, 7) is 15.7. The highest BCUT2D eigenvalue weighted by Crippen LogP contribution is 2.03. The van der Waals surface area contributed by atoms with E-state index in [9.17, 15) is 0 Å². The quantitative estimate of drug-likeness (QED) is 0.366. The van der Waals surface area contributed by atoms with Gasteiger partial charge in [0.1, 0.15) is 12.7 Å². The lowest BCUT2D eigenvalue weighted by molar-refractivity contribution is 0.178. The Balaban J connectivity index is 2.28. The molecular formula is C17H35N7. The van der Waals surface area contributed by atoms with Crippen molar-refractivity contribution in [2.24, 2.45) is 4.99 Å². The van der Waals surface area contributed by atoms with Crippen LogP contribution in [0.2, 0.25) is 0 Å². The maximum atomic E-state index is 4.65. The van der Waals surface area contributed by atoms with Crippen LogP contribution in [0.4, 0.5) is 0 Å². The molecule has 0 saturated heterocycles. The van der Waals surface area contributed by atoms with E-state index in [1.54, 1.807) is 12.7 Å². The van der Waals surface area contributed by atoms with E-state index in [1.807, 2.05) is 4.57 Å². The fourth-order valence-corrected chi connectivity index (χ4v) is 2.69. The highest BCUT2D eigenvalue weighted by molar-refractivity contribution is 5.79. The van der Waals surface area contributed by atoms with E-state index in [0.717, 1.165) is 51.5 Å². The molecule has 1 heterocycles. The smallest absolute Gasteiger partial charge is 0.191 e. The Morgan fingerprint density at radius 2 is 1.75 bits per heavy atom.